The van der Waals surface area contributed by atoms with Gasteiger partial charge < -0.3 is 30.9 Å². The van der Waals surface area contributed by atoms with Crippen LogP contribution in [0, 0.1) is 16.7 Å². The Morgan fingerprint density at radius 2 is 1.64 bits per heavy atom. The maximum absolute atomic E-state index is 13.9. The van der Waals surface area contributed by atoms with Gasteiger partial charge in [0.2, 0.25) is 11.8 Å². The number of nitrogens with one attached hydrogen (secondary N) is 4. The summed E-state index contributed by atoms with van der Waals surface area (Å²) in [5.74, 6) is -2.39. The second-order valence-corrected chi connectivity index (χ2v) is 13.2. The minimum Gasteiger partial charge on any atom is -0.480 e. The molecule has 44 heavy (non-hydrogen) atoms. The van der Waals surface area contributed by atoms with Crippen molar-refractivity contribution in [1.29, 1.82) is 5.26 Å². The maximum Gasteiger partial charge on any atom is 0.326 e. The second kappa shape index (κ2) is 15.1. The summed E-state index contributed by atoms with van der Waals surface area (Å²) in [5.41, 5.74) is 1.16. The summed E-state index contributed by atoms with van der Waals surface area (Å²) in [7, 11) is 0. The van der Waals surface area contributed by atoms with E-state index in [-0.39, 0.29) is 42.1 Å². The zero-order valence-corrected chi connectivity index (χ0v) is 26.8. The molecule has 0 saturated carbocycles. The van der Waals surface area contributed by atoms with Gasteiger partial charge in [0.25, 0.3) is 0 Å². The smallest absolute Gasteiger partial charge is 0.326 e. The average Bonchev–Trinajstić information content (AvgIpc) is 3.30. The molecule has 0 bridgehead atoms. The first-order valence-electron chi connectivity index (χ1n) is 15.7. The number of carboxylic acids is 1. The molecule has 0 aliphatic carbocycles. The molecule has 0 radical (unpaired) electrons. The molecule has 2 heterocycles. The molecule has 11 nitrogen and oxygen atoms in total. The molecule has 4 amide bonds. The van der Waals surface area contributed by atoms with Gasteiger partial charge in [0.05, 0.1) is 0 Å². The number of carboxylic acid groups (broad SMARTS) is 1. The lowest BCUT2D eigenvalue weighted by atomic mass is 9.87. The number of nitrogens with zero attached hydrogens (tertiary/aromatic N) is 2. The largest absolute Gasteiger partial charge is 0.480 e. The van der Waals surface area contributed by atoms with Gasteiger partial charge in [0, 0.05) is 29.4 Å². The molecule has 5 atom stereocenters. The van der Waals surface area contributed by atoms with E-state index in [2.05, 4.69) is 27.0 Å². The Kier molecular flexibility index (Phi) is 11.8. The first kappa shape index (κ1) is 34.4. The van der Waals surface area contributed by atoms with Gasteiger partial charge in [-0.05, 0) is 63.0 Å². The van der Waals surface area contributed by atoms with Crippen LogP contribution in [0.3, 0.4) is 0 Å². The number of carbonyl (C=O) groups is 4. The maximum atomic E-state index is 13.9. The van der Waals surface area contributed by atoms with Gasteiger partial charge in [-0.3, -0.25) is 9.59 Å². The topological polar surface area (TPSA) is 167 Å². The van der Waals surface area contributed by atoms with Crippen LogP contribution >= 0.6 is 0 Å². The van der Waals surface area contributed by atoms with Crippen molar-refractivity contribution in [2.75, 3.05) is 0 Å². The Bertz CT molecular complexity index is 1360. The average molecular weight is 609 g/mol. The number of aromatic amines is 1. The van der Waals surface area contributed by atoms with E-state index in [1.165, 1.54) is 0 Å². The van der Waals surface area contributed by atoms with E-state index in [0.29, 0.717) is 23.9 Å². The zero-order valence-electron chi connectivity index (χ0n) is 26.8. The van der Waals surface area contributed by atoms with Gasteiger partial charge in [0.15, 0.2) is 0 Å². The molecule has 3 rings (SSSR count). The molecule has 2 aromatic rings. The molecule has 1 saturated heterocycles. The Labute approximate surface area is 260 Å². The highest BCUT2D eigenvalue weighted by atomic mass is 16.4. The van der Waals surface area contributed by atoms with E-state index in [1.807, 2.05) is 65.8 Å². The number of fused-ring (bicyclic) bond motifs is 1. The van der Waals surface area contributed by atoms with Gasteiger partial charge >= 0.3 is 12.0 Å². The quantitative estimate of drug-likeness (QED) is 0.236. The highest BCUT2D eigenvalue weighted by Crippen LogP contribution is 2.26. The normalized spacial score (nSPS) is 19.0. The summed E-state index contributed by atoms with van der Waals surface area (Å²) < 4.78 is 0. The Morgan fingerprint density at radius 1 is 1.02 bits per heavy atom. The van der Waals surface area contributed by atoms with Crippen LogP contribution in [-0.2, 0) is 20.8 Å². The monoisotopic (exact) mass is 608 g/mol. The number of likely N-dealkylation sites (tertiary alicyclic amines) is 1. The van der Waals surface area contributed by atoms with Crippen LogP contribution < -0.4 is 16.0 Å². The van der Waals surface area contributed by atoms with Crippen LogP contribution in [-0.4, -0.2) is 69.0 Å². The van der Waals surface area contributed by atoms with Crippen molar-refractivity contribution in [2.45, 2.75) is 123 Å². The number of H-pyrrole nitrogens is 1. The minimum absolute atomic E-state index is 0.0259. The zero-order chi connectivity index (χ0) is 32.6. The summed E-state index contributed by atoms with van der Waals surface area (Å²) in [5, 5.41) is 28.7. The van der Waals surface area contributed by atoms with Gasteiger partial charge in [-0.2, -0.15) is 5.26 Å². The van der Waals surface area contributed by atoms with Gasteiger partial charge in [0.1, 0.15) is 29.9 Å². The van der Waals surface area contributed by atoms with Gasteiger partial charge in [-0.1, -0.05) is 58.7 Å². The third-order valence-electron chi connectivity index (χ3n) is 8.29. The molecular weight excluding hydrogens is 560 g/mol. The molecule has 1 aromatic carbocycles. The molecule has 5 unspecified atom stereocenters. The Balaban J connectivity index is 1.94. The molecule has 1 aromatic heterocycles. The number of aromatic nitrogens is 1. The summed E-state index contributed by atoms with van der Waals surface area (Å²) in [6.07, 6.45) is 4.63. The van der Waals surface area contributed by atoms with Crippen molar-refractivity contribution in [1.82, 2.24) is 25.8 Å². The van der Waals surface area contributed by atoms with Crippen molar-refractivity contribution in [3.8, 4) is 6.07 Å². The number of hydrogen-bond acceptors (Lipinski definition) is 5. The van der Waals surface area contributed by atoms with Gasteiger partial charge in [-0.15, -0.1) is 0 Å². The Morgan fingerprint density at radius 3 is 2.23 bits per heavy atom. The number of para-hydroxylation sites is 1. The summed E-state index contributed by atoms with van der Waals surface area (Å²) >= 11 is 0. The minimum atomic E-state index is -1.20. The molecule has 11 heteroatoms. The second-order valence-electron chi connectivity index (χ2n) is 13.2. The lowest BCUT2D eigenvalue weighted by molar-refractivity contribution is -0.142. The number of rotatable bonds is 12. The number of aliphatic carboxylic acids is 1. The lowest BCUT2D eigenvalue weighted by Crippen LogP contribution is -2.60. The van der Waals surface area contributed by atoms with E-state index in [4.69, 9.17) is 0 Å². The van der Waals surface area contributed by atoms with Crippen molar-refractivity contribution in [3.63, 3.8) is 0 Å². The van der Waals surface area contributed by atoms with Crippen LogP contribution in [0.5, 0.6) is 0 Å². The third kappa shape index (κ3) is 8.97. The predicted octanol–water partition coefficient (Wildman–Crippen LogP) is 4.60. The fourth-order valence-corrected chi connectivity index (χ4v) is 6.00. The van der Waals surface area contributed by atoms with E-state index >= 15 is 0 Å². The van der Waals surface area contributed by atoms with Crippen LogP contribution in [0.25, 0.3) is 10.9 Å². The standard InChI is InChI=1S/C33H48N6O5/c1-7-8-15-25(31(42)43)36-29(40)26(17-23-22-14-9-10-16-24(22)35-28(23)19-34)37-30(41)27(18-33(4,5)6)38-32(44)39-20(2)12-11-13-21(39)3/h9-10,14,16,20-21,25-27,35H,7-8,11-13,15,17-18H2,1-6H3,(H,36,40)(H,37,41)(H,38,44)(H,42,43). The number of amides is 4. The van der Waals surface area contributed by atoms with Crippen LogP contribution in [0.4, 0.5) is 4.79 Å². The summed E-state index contributed by atoms with van der Waals surface area (Å²) in [6, 6.07) is 5.85. The first-order chi connectivity index (χ1) is 20.7. The number of benzene rings is 1. The van der Waals surface area contributed by atoms with E-state index in [1.54, 1.807) is 4.90 Å². The molecule has 1 aliphatic rings. The number of hydrogen-bond donors (Lipinski definition) is 5. The highest BCUT2D eigenvalue weighted by molar-refractivity contribution is 5.94. The molecular formula is C33H48N6O5. The summed E-state index contributed by atoms with van der Waals surface area (Å²) in [4.78, 5) is 58.0. The first-order valence-corrected chi connectivity index (χ1v) is 15.7. The summed E-state index contributed by atoms with van der Waals surface area (Å²) in [6.45, 7) is 11.8. The van der Waals surface area contributed by atoms with E-state index < -0.39 is 35.9 Å². The SMILES string of the molecule is CCCCC(NC(=O)C(Cc1c(C#N)[nH]c2ccccc12)NC(=O)C(CC(C)(C)C)NC(=O)N1C(C)CCCC1C)C(=O)O. The molecule has 1 aliphatic heterocycles. The van der Waals surface area contributed by atoms with Crippen molar-refractivity contribution < 1.29 is 24.3 Å². The molecule has 5 N–H and O–H groups in total. The predicted molar refractivity (Wildman–Crippen MR) is 169 cm³/mol. The molecule has 1 fully saturated rings. The third-order valence-corrected chi connectivity index (χ3v) is 8.29. The van der Waals surface area contributed by atoms with E-state index in [0.717, 1.165) is 31.1 Å². The van der Waals surface area contributed by atoms with E-state index in [9.17, 15) is 29.5 Å². The fourth-order valence-electron chi connectivity index (χ4n) is 6.00. The van der Waals surface area contributed by atoms with Crippen LogP contribution in [0.1, 0.15) is 97.7 Å². The number of nitriles is 1. The van der Waals surface area contributed by atoms with Crippen LogP contribution in [0.2, 0.25) is 0 Å². The lowest BCUT2D eigenvalue weighted by Gasteiger charge is -2.40. The number of carbonyl (C=O) groups excluding carboxylic acids is 3. The molecule has 0 spiro atoms. The number of urea groups is 1. The van der Waals surface area contributed by atoms with Crippen molar-refractivity contribution in [3.05, 3.63) is 35.5 Å². The Hall–Kier alpha value is -4.07. The van der Waals surface area contributed by atoms with Crippen LogP contribution in [0.15, 0.2) is 24.3 Å². The highest BCUT2D eigenvalue weighted by Gasteiger charge is 2.35. The fraction of sp³-hybridized carbons (Fsp3) is 0.606. The van der Waals surface area contributed by atoms with Crippen molar-refractivity contribution in [2.24, 2.45) is 5.41 Å². The number of unbranched alkanes of at least 4 members (excludes halogenated alkanes) is 1. The van der Waals surface area contributed by atoms with Crippen molar-refractivity contribution >= 4 is 34.7 Å². The molecule has 240 valence electrons. The number of piperidine rings is 1. The van der Waals surface area contributed by atoms with Gasteiger partial charge in [-0.25, -0.2) is 9.59 Å².